The van der Waals surface area contributed by atoms with Gasteiger partial charge in [0.15, 0.2) is 11.6 Å². The molecule has 1 N–H and O–H groups in total. The number of hydrogen-bond acceptors (Lipinski definition) is 5. The zero-order valence-corrected chi connectivity index (χ0v) is 17.8. The zero-order valence-electron chi connectivity index (χ0n) is 15.3. The first-order valence-corrected chi connectivity index (χ1v) is 8.93. The van der Waals surface area contributed by atoms with Crippen LogP contribution >= 0.6 is 37.3 Å². The minimum atomic E-state index is -4.54. The van der Waals surface area contributed by atoms with Crippen LogP contribution < -0.4 is 5.32 Å². The van der Waals surface area contributed by atoms with Crippen LogP contribution in [-0.4, -0.2) is 24.7 Å². The second-order valence-electron chi connectivity index (χ2n) is 5.97. The van der Waals surface area contributed by atoms with Crippen molar-refractivity contribution in [2.75, 3.05) is 0 Å². The van der Waals surface area contributed by atoms with E-state index >= 15 is 0 Å². The molecule has 1 aromatic carbocycles. The molecule has 6 nitrogen and oxygen atoms in total. The number of thiocarbonyl (C=S) groups is 1. The Morgan fingerprint density at radius 2 is 2.00 bits per heavy atom. The van der Waals surface area contributed by atoms with Crippen molar-refractivity contribution < 1.29 is 13.2 Å². The molecule has 0 saturated carbocycles. The fourth-order valence-electron chi connectivity index (χ4n) is 2.53. The lowest BCUT2D eigenvalue weighted by molar-refractivity contribution is -0.137. The maximum atomic E-state index is 13.0. The predicted octanol–water partition coefficient (Wildman–Crippen LogP) is 4.35. The van der Waals surface area contributed by atoms with E-state index in [1.807, 2.05) is 6.07 Å². The molecule has 0 aliphatic heterocycles. The molecule has 30 heavy (non-hydrogen) atoms. The number of nitriles is 1. The molecular weight excluding hydrogens is 457 g/mol. The number of halogens is 4. The molecule has 0 spiro atoms. The summed E-state index contributed by atoms with van der Waals surface area (Å²) in [7, 11) is 0. The fraction of sp³-hybridized carbons (Fsp3) is 0.167. The third-order valence-corrected chi connectivity index (χ3v) is 4.46. The highest BCUT2D eigenvalue weighted by molar-refractivity contribution is 7.80. The number of benzene rings is 1. The first kappa shape index (κ1) is 23.6. The molecule has 0 saturated heterocycles. The van der Waals surface area contributed by atoms with Crippen molar-refractivity contribution in [1.82, 2.24) is 25.1 Å². The summed E-state index contributed by atoms with van der Waals surface area (Å²) in [5, 5.41) is 15.8. The molecule has 2 aromatic heterocycles. The molecule has 0 amide bonds. The Hall–Kier alpha value is -2.68. The monoisotopic (exact) mass is 470 g/mol. The Morgan fingerprint density at radius 1 is 1.27 bits per heavy atom. The summed E-state index contributed by atoms with van der Waals surface area (Å²) in [5.41, 5.74) is -0.361. The van der Waals surface area contributed by atoms with Crippen LogP contribution in [0.15, 0.2) is 42.9 Å². The molecule has 0 aliphatic rings. The molecule has 1 atom stereocenters. The maximum Gasteiger partial charge on any atom is 0.416 e. The molecule has 156 valence electrons. The van der Waals surface area contributed by atoms with Gasteiger partial charge >= 0.3 is 6.18 Å². The van der Waals surface area contributed by atoms with Gasteiger partial charge in [-0.1, -0.05) is 23.8 Å². The summed E-state index contributed by atoms with van der Waals surface area (Å²) in [6.07, 6.45) is -1.83. The number of hydrogen-bond donors (Lipinski definition) is 1. The summed E-state index contributed by atoms with van der Waals surface area (Å²) in [4.78, 5) is 8.41. The Labute approximate surface area is 187 Å². The zero-order chi connectivity index (χ0) is 21.2. The summed E-state index contributed by atoms with van der Waals surface area (Å²) >= 11 is 11.1. The average Bonchev–Trinajstić information content (AvgIpc) is 3.17. The lowest BCUT2D eigenvalue weighted by Gasteiger charge is -2.17. The standard InChI is InChI=1S/C18H12ClF3N6S.H2S/c1-10(16-25-9-26-28(16)15-3-2-11(7-23)8-24-15)27-17(29)12-4-13(18(20,21)22)6-14(19)5-12;/h2-6,8-10H,1H3,(H,27,29);1H2/t10-;/m0./s1. The highest BCUT2D eigenvalue weighted by Crippen LogP contribution is 2.32. The van der Waals surface area contributed by atoms with Crippen LogP contribution in [0.5, 0.6) is 0 Å². The maximum absolute atomic E-state index is 13.0. The van der Waals surface area contributed by atoms with E-state index in [-0.39, 0.29) is 29.1 Å². The topological polar surface area (TPSA) is 79.4 Å². The van der Waals surface area contributed by atoms with E-state index in [2.05, 4.69) is 20.4 Å². The van der Waals surface area contributed by atoms with E-state index < -0.39 is 17.8 Å². The second-order valence-corrected chi connectivity index (χ2v) is 6.81. The molecule has 3 rings (SSSR count). The van der Waals surface area contributed by atoms with Gasteiger partial charge in [-0.25, -0.2) is 9.97 Å². The summed E-state index contributed by atoms with van der Waals surface area (Å²) in [6, 6.07) is 7.78. The molecule has 0 radical (unpaired) electrons. The molecule has 3 aromatic rings. The Bertz CT molecular complexity index is 1090. The SMILES string of the molecule is C[C@H](NC(=S)c1cc(Cl)cc(C(F)(F)F)c1)c1ncnn1-c1ccc(C#N)cn1.S. The van der Waals surface area contributed by atoms with E-state index in [4.69, 9.17) is 29.1 Å². The van der Waals surface area contributed by atoms with Gasteiger partial charge in [0.05, 0.1) is 17.2 Å². The molecular formula is C18H14ClF3N6S2. The third-order valence-electron chi connectivity index (χ3n) is 3.89. The number of pyridine rings is 1. The lowest BCUT2D eigenvalue weighted by atomic mass is 10.1. The minimum absolute atomic E-state index is 0. The van der Waals surface area contributed by atoms with E-state index in [1.165, 1.54) is 23.3 Å². The summed E-state index contributed by atoms with van der Waals surface area (Å²) < 4.78 is 40.5. The number of aromatic nitrogens is 4. The highest BCUT2D eigenvalue weighted by Gasteiger charge is 2.31. The van der Waals surface area contributed by atoms with E-state index in [0.717, 1.165) is 12.1 Å². The highest BCUT2D eigenvalue weighted by atomic mass is 35.5. The van der Waals surface area contributed by atoms with Gasteiger partial charge in [0.1, 0.15) is 17.4 Å². The van der Waals surface area contributed by atoms with E-state index in [1.54, 1.807) is 19.1 Å². The Morgan fingerprint density at radius 3 is 2.60 bits per heavy atom. The van der Waals surface area contributed by atoms with Gasteiger partial charge in [-0.05, 0) is 37.3 Å². The number of nitrogens with one attached hydrogen (secondary N) is 1. The average molecular weight is 471 g/mol. The van der Waals surface area contributed by atoms with Gasteiger partial charge in [0.25, 0.3) is 0 Å². The first-order chi connectivity index (χ1) is 13.7. The molecule has 0 aliphatic carbocycles. The first-order valence-electron chi connectivity index (χ1n) is 8.14. The summed E-state index contributed by atoms with van der Waals surface area (Å²) in [5.74, 6) is 0.862. The van der Waals surface area contributed by atoms with Gasteiger partial charge in [-0.3, -0.25) is 0 Å². The molecule has 2 heterocycles. The van der Waals surface area contributed by atoms with Crippen LogP contribution in [0.25, 0.3) is 5.82 Å². The van der Waals surface area contributed by atoms with Crippen molar-refractivity contribution in [2.45, 2.75) is 19.1 Å². The molecule has 0 bridgehead atoms. The van der Waals surface area contributed by atoms with Crippen LogP contribution in [0.3, 0.4) is 0 Å². The van der Waals surface area contributed by atoms with Crippen LogP contribution in [0, 0.1) is 11.3 Å². The molecule has 0 unspecified atom stereocenters. The van der Waals surface area contributed by atoms with Gasteiger partial charge in [-0.2, -0.15) is 41.7 Å². The van der Waals surface area contributed by atoms with Crippen LogP contribution in [0.1, 0.15) is 35.5 Å². The van der Waals surface area contributed by atoms with Crippen molar-refractivity contribution in [3.8, 4) is 11.9 Å². The Kier molecular flexibility index (Phi) is 7.41. The smallest absolute Gasteiger partial charge is 0.366 e. The van der Waals surface area contributed by atoms with Crippen molar-refractivity contribution >= 4 is 42.3 Å². The van der Waals surface area contributed by atoms with Crippen LogP contribution in [-0.2, 0) is 6.18 Å². The van der Waals surface area contributed by atoms with Crippen molar-refractivity contribution in [2.24, 2.45) is 0 Å². The van der Waals surface area contributed by atoms with Gasteiger partial charge in [-0.15, -0.1) is 0 Å². The predicted molar refractivity (Wildman–Crippen MR) is 114 cm³/mol. The number of nitrogens with zero attached hydrogens (tertiary/aromatic N) is 5. The third kappa shape index (κ3) is 5.27. The Balaban J connectivity index is 0.00000320. The van der Waals surface area contributed by atoms with E-state index in [9.17, 15) is 13.2 Å². The van der Waals surface area contributed by atoms with Gasteiger partial charge in [0, 0.05) is 16.8 Å². The number of rotatable bonds is 4. The van der Waals surface area contributed by atoms with Crippen LogP contribution in [0.4, 0.5) is 13.2 Å². The quantitative estimate of drug-likeness (QED) is 0.571. The molecule has 12 heteroatoms. The van der Waals surface area contributed by atoms with E-state index in [0.29, 0.717) is 17.2 Å². The molecule has 0 fully saturated rings. The summed E-state index contributed by atoms with van der Waals surface area (Å²) in [6.45, 7) is 1.73. The normalized spacial score (nSPS) is 11.9. The largest absolute Gasteiger partial charge is 0.416 e. The van der Waals surface area contributed by atoms with Crippen molar-refractivity contribution in [3.05, 3.63) is 70.4 Å². The minimum Gasteiger partial charge on any atom is -0.366 e. The number of alkyl halides is 3. The lowest BCUT2D eigenvalue weighted by Crippen LogP contribution is -2.28. The fourth-order valence-corrected chi connectivity index (χ4v) is 3.06. The second kappa shape index (κ2) is 9.42. The van der Waals surface area contributed by atoms with Crippen molar-refractivity contribution in [3.63, 3.8) is 0 Å². The van der Waals surface area contributed by atoms with Crippen LogP contribution in [0.2, 0.25) is 5.02 Å². The van der Waals surface area contributed by atoms with Gasteiger partial charge in [0.2, 0.25) is 0 Å². The van der Waals surface area contributed by atoms with Gasteiger partial charge < -0.3 is 5.32 Å². The van der Waals surface area contributed by atoms with Crippen molar-refractivity contribution in [1.29, 1.82) is 5.26 Å².